The lowest BCUT2D eigenvalue weighted by atomic mass is 10.3. The number of hydrogen-bond acceptors (Lipinski definition) is 2. The van der Waals surface area contributed by atoms with Gasteiger partial charge in [0.05, 0.1) is 12.7 Å². The van der Waals surface area contributed by atoms with E-state index in [4.69, 9.17) is 5.53 Å². The number of anilines is 1. The predicted octanol–water partition coefficient (Wildman–Crippen LogP) is 3.36. The molecule has 1 rings (SSSR count). The zero-order valence-corrected chi connectivity index (χ0v) is 9.57. The molecule has 0 unspecified atom stereocenters. The fourth-order valence-electron chi connectivity index (χ4n) is 0.875. The summed E-state index contributed by atoms with van der Waals surface area (Å²) in [5.74, 6) is -1.81. The van der Waals surface area contributed by atoms with E-state index >= 15 is 0 Å². The zero-order valence-electron chi connectivity index (χ0n) is 9.57. The molecule has 0 aliphatic rings. The summed E-state index contributed by atoms with van der Waals surface area (Å²) in [5.41, 5.74) is 8.15. The van der Waals surface area contributed by atoms with E-state index in [0.717, 1.165) is 5.01 Å². The number of rotatable bonds is 2. The van der Waals surface area contributed by atoms with Crippen LogP contribution in [0.5, 0.6) is 0 Å². The lowest BCUT2D eigenvalue weighted by Gasteiger charge is -2.07. The summed E-state index contributed by atoms with van der Waals surface area (Å²) >= 11 is 0. The van der Waals surface area contributed by atoms with Gasteiger partial charge in [0.2, 0.25) is 0 Å². The Morgan fingerprint density at radius 1 is 1.38 bits per heavy atom. The summed E-state index contributed by atoms with van der Waals surface area (Å²) in [4.78, 5) is 6.06. The first-order valence-corrected chi connectivity index (χ1v) is 4.67. The molecule has 0 atom stereocenters. The third-order valence-corrected chi connectivity index (χ3v) is 1.57. The van der Waals surface area contributed by atoms with E-state index in [0.29, 0.717) is 6.07 Å². The molecule has 7 heteroatoms. The number of aryl methyl sites for hydroxylation is 1. The normalized spacial score (nSPS) is 8.62. The largest absolute Gasteiger partial charge is 0.260 e. The minimum atomic E-state index is -0.872. The number of aromatic nitrogens is 1. The van der Waals surface area contributed by atoms with Crippen LogP contribution >= 0.6 is 0 Å². The van der Waals surface area contributed by atoms with Crippen molar-refractivity contribution in [1.82, 2.24) is 4.98 Å². The van der Waals surface area contributed by atoms with E-state index < -0.39 is 11.6 Å². The lowest BCUT2D eigenvalue weighted by molar-refractivity contribution is 0.563. The van der Waals surface area contributed by atoms with Crippen LogP contribution in [-0.4, -0.2) is 12.0 Å². The standard InChI is InChI=1S/C7H7F2N5.C2H6/c1-4-5(8)3-6(9)7(11-4)14(2)13-12-10;1-2/h3H,1-2H3;1-2H3. The molecule has 0 fully saturated rings. The highest BCUT2D eigenvalue weighted by molar-refractivity contribution is 5.39. The predicted molar refractivity (Wildman–Crippen MR) is 57.8 cm³/mol. The summed E-state index contributed by atoms with van der Waals surface area (Å²) < 4.78 is 25.9. The Morgan fingerprint density at radius 3 is 2.44 bits per heavy atom. The highest BCUT2D eigenvalue weighted by Gasteiger charge is 2.15. The van der Waals surface area contributed by atoms with Crippen molar-refractivity contribution >= 4 is 5.82 Å². The Morgan fingerprint density at radius 2 is 1.94 bits per heavy atom. The average Bonchev–Trinajstić information content (AvgIpc) is 2.26. The molecule has 0 N–H and O–H groups in total. The van der Waals surface area contributed by atoms with Gasteiger partial charge < -0.3 is 0 Å². The van der Waals surface area contributed by atoms with Gasteiger partial charge in [-0.15, -0.1) is 5.53 Å². The third-order valence-electron chi connectivity index (χ3n) is 1.57. The number of pyridine rings is 1. The first-order valence-electron chi connectivity index (χ1n) is 4.67. The summed E-state index contributed by atoms with van der Waals surface area (Å²) in [6.45, 7) is 5.39. The van der Waals surface area contributed by atoms with E-state index in [9.17, 15) is 8.78 Å². The molecule has 16 heavy (non-hydrogen) atoms. The minimum absolute atomic E-state index is 0.0430. The number of nitrogens with zero attached hydrogens (tertiary/aromatic N) is 5. The summed E-state index contributed by atoms with van der Waals surface area (Å²) in [5, 5.41) is 4.01. The van der Waals surface area contributed by atoms with Crippen molar-refractivity contribution in [3.05, 3.63) is 33.8 Å². The van der Waals surface area contributed by atoms with Crippen molar-refractivity contribution in [2.75, 3.05) is 12.1 Å². The molecule has 0 amide bonds. The number of hydrogen-bond donors (Lipinski definition) is 0. The first kappa shape index (κ1) is 14.1. The van der Waals surface area contributed by atoms with Crippen LogP contribution in [0.4, 0.5) is 14.6 Å². The molecule has 1 heterocycles. The Hall–Kier alpha value is -1.88. The van der Waals surface area contributed by atoms with Crippen LogP contribution in [0.25, 0.3) is 10.4 Å². The van der Waals surface area contributed by atoms with Crippen LogP contribution in [0.2, 0.25) is 0 Å². The Balaban J connectivity index is 0.00000106. The second-order valence-corrected chi connectivity index (χ2v) is 2.56. The molecule has 5 nitrogen and oxygen atoms in total. The van der Waals surface area contributed by atoms with Crippen molar-refractivity contribution in [3.8, 4) is 0 Å². The van der Waals surface area contributed by atoms with Crippen LogP contribution in [0.15, 0.2) is 11.3 Å². The van der Waals surface area contributed by atoms with E-state index in [1.165, 1.54) is 14.0 Å². The van der Waals surface area contributed by atoms with Crippen molar-refractivity contribution in [2.45, 2.75) is 20.8 Å². The first-order chi connectivity index (χ1) is 7.56. The fourth-order valence-corrected chi connectivity index (χ4v) is 0.875. The van der Waals surface area contributed by atoms with Gasteiger partial charge in [-0.25, -0.2) is 13.8 Å². The molecular weight excluding hydrogens is 216 g/mol. The highest BCUT2D eigenvalue weighted by Crippen LogP contribution is 2.17. The van der Waals surface area contributed by atoms with Crippen molar-refractivity contribution < 1.29 is 8.78 Å². The Labute approximate surface area is 92.3 Å². The van der Waals surface area contributed by atoms with E-state index in [-0.39, 0.29) is 11.5 Å². The number of halogens is 2. The summed E-state index contributed by atoms with van der Waals surface area (Å²) in [7, 11) is 1.32. The molecule has 0 aliphatic heterocycles. The molecule has 0 spiro atoms. The maximum atomic E-state index is 13.1. The van der Waals surface area contributed by atoms with E-state index in [1.54, 1.807) is 0 Å². The van der Waals surface area contributed by atoms with Crippen molar-refractivity contribution in [2.24, 2.45) is 5.22 Å². The molecule has 1 aromatic heterocycles. The van der Waals surface area contributed by atoms with Gasteiger partial charge in [0.15, 0.2) is 5.82 Å². The average molecular weight is 229 g/mol. The highest BCUT2D eigenvalue weighted by atomic mass is 19.1. The molecule has 0 aromatic carbocycles. The van der Waals surface area contributed by atoms with Gasteiger partial charge in [-0.2, -0.15) is 9.92 Å². The van der Waals surface area contributed by atoms with Gasteiger partial charge >= 0.3 is 0 Å². The van der Waals surface area contributed by atoms with E-state index in [1.807, 2.05) is 13.8 Å². The quantitative estimate of drug-likeness (QED) is 0.338. The minimum Gasteiger partial charge on any atom is -0.209 e. The summed E-state index contributed by atoms with van der Waals surface area (Å²) in [6, 6.07) is 0.695. The molecule has 0 aliphatic carbocycles. The van der Waals surface area contributed by atoms with Crippen LogP contribution in [0, 0.1) is 18.6 Å². The topological polar surface area (TPSA) is 64.9 Å². The second kappa shape index (κ2) is 6.58. The van der Waals surface area contributed by atoms with E-state index in [2.05, 4.69) is 15.1 Å². The SMILES string of the molecule is CC.Cc1nc(N(C)N=[N+]=[N-])c(F)cc1F. The maximum absolute atomic E-state index is 13.1. The smallest absolute Gasteiger partial charge is 0.209 e. The lowest BCUT2D eigenvalue weighted by Crippen LogP contribution is -2.12. The zero-order chi connectivity index (χ0) is 12.7. The molecule has 0 bridgehead atoms. The second-order valence-electron chi connectivity index (χ2n) is 2.56. The van der Waals surface area contributed by atoms with Gasteiger partial charge in [-0.05, 0) is 12.1 Å². The van der Waals surface area contributed by atoms with Crippen LogP contribution < -0.4 is 5.01 Å². The molecule has 88 valence electrons. The molecular formula is C9H13F2N5. The van der Waals surface area contributed by atoms with Crippen molar-refractivity contribution in [3.63, 3.8) is 0 Å². The summed E-state index contributed by atoms with van der Waals surface area (Å²) in [6.07, 6.45) is 0. The maximum Gasteiger partial charge on any atom is 0.260 e. The van der Waals surface area contributed by atoms with Gasteiger partial charge in [0.25, 0.3) is 5.82 Å². The van der Waals surface area contributed by atoms with Crippen LogP contribution in [0.3, 0.4) is 0 Å². The number of azide groups is 1. The molecule has 1 aromatic rings. The van der Waals surface area contributed by atoms with Gasteiger partial charge in [0, 0.05) is 6.07 Å². The monoisotopic (exact) mass is 229 g/mol. The van der Waals surface area contributed by atoms with Crippen LogP contribution in [0.1, 0.15) is 19.5 Å². The molecule has 0 saturated heterocycles. The molecule has 0 radical (unpaired) electrons. The van der Waals surface area contributed by atoms with Gasteiger partial charge in [-0.1, -0.05) is 13.8 Å². The van der Waals surface area contributed by atoms with Crippen molar-refractivity contribution in [1.29, 1.82) is 0 Å². The van der Waals surface area contributed by atoms with Crippen LogP contribution in [-0.2, 0) is 0 Å². The Kier molecular flexibility index (Phi) is 5.80. The van der Waals surface area contributed by atoms with Gasteiger partial charge in [-0.3, -0.25) is 0 Å². The van der Waals surface area contributed by atoms with Gasteiger partial charge in [0.1, 0.15) is 5.82 Å². The Bertz CT molecular complexity index is 401. The molecule has 0 saturated carbocycles. The fraction of sp³-hybridized carbons (Fsp3) is 0.444. The third kappa shape index (κ3) is 3.36.